The number of imide groups is 1. The van der Waals surface area contributed by atoms with E-state index >= 15 is 0 Å². The lowest BCUT2D eigenvalue weighted by molar-refractivity contribution is -0.132. The van der Waals surface area contributed by atoms with Crippen LogP contribution in [0.5, 0.6) is 5.75 Å². The molecule has 3 amide bonds. The fourth-order valence-corrected chi connectivity index (χ4v) is 3.94. The Hall–Kier alpha value is -3.45. The number of aliphatic hydroxyl groups is 1. The summed E-state index contributed by atoms with van der Waals surface area (Å²) in [7, 11) is 0. The Morgan fingerprint density at radius 2 is 1.77 bits per heavy atom. The molecule has 4 rings (SSSR count). The van der Waals surface area contributed by atoms with Gasteiger partial charge in [0.15, 0.2) is 0 Å². The Morgan fingerprint density at radius 1 is 1.06 bits per heavy atom. The van der Waals surface area contributed by atoms with Crippen LogP contribution < -0.4 is 10.1 Å². The van der Waals surface area contributed by atoms with Crippen molar-refractivity contribution in [2.24, 2.45) is 0 Å². The van der Waals surface area contributed by atoms with E-state index in [4.69, 9.17) is 4.74 Å². The fourth-order valence-electron chi connectivity index (χ4n) is 3.94. The molecule has 0 aliphatic carbocycles. The molecule has 2 N–H and O–H groups in total. The second kappa shape index (κ2) is 8.35. The van der Waals surface area contributed by atoms with Gasteiger partial charge in [0.1, 0.15) is 29.8 Å². The third-order valence-electron chi connectivity index (χ3n) is 5.62. The average molecular weight is 422 g/mol. The SMILES string of the molecule is CCC1(c2ccc(F)cc2)NC(=O)N(CC(O)COc2cccc3ccccc23)C1=O. The summed E-state index contributed by atoms with van der Waals surface area (Å²) in [5.41, 5.74) is -0.778. The summed E-state index contributed by atoms with van der Waals surface area (Å²) in [5.74, 6) is -0.288. The summed E-state index contributed by atoms with van der Waals surface area (Å²) < 4.78 is 19.1. The molecule has 7 heteroatoms. The van der Waals surface area contributed by atoms with Crippen molar-refractivity contribution in [2.45, 2.75) is 25.0 Å². The van der Waals surface area contributed by atoms with Gasteiger partial charge in [-0.25, -0.2) is 9.18 Å². The molecular weight excluding hydrogens is 399 g/mol. The van der Waals surface area contributed by atoms with Crippen LogP contribution in [0.25, 0.3) is 10.8 Å². The van der Waals surface area contributed by atoms with E-state index in [9.17, 15) is 19.1 Å². The van der Waals surface area contributed by atoms with Crippen molar-refractivity contribution in [2.75, 3.05) is 13.2 Å². The number of hydrogen-bond donors (Lipinski definition) is 2. The zero-order valence-corrected chi connectivity index (χ0v) is 17.0. The molecule has 0 bridgehead atoms. The highest BCUT2D eigenvalue weighted by Gasteiger charge is 2.51. The quantitative estimate of drug-likeness (QED) is 0.571. The predicted molar refractivity (Wildman–Crippen MR) is 114 cm³/mol. The summed E-state index contributed by atoms with van der Waals surface area (Å²) in [5, 5.41) is 15.1. The lowest BCUT2D eigenvalue weighted by Gasteiger charge is -2.26. The summed E-state index contributed by atoms with van der Waals surface area (Å²) in [6.45, 7) is 1.48. The Balaban J connectivity index is 1.46. The monoisotopic (exact) mass is 422 g/mol. The molecule has 3 aromatic carbocycles. The van der Waals surface area contributed by atoms with Crippen LogP contribution in [0.15, 0.2) is 66.7 Å². The van der Waals surface area contributed by atoms with Crippen LogP contribution in [-0.4, -0.2) is 41.2 Å². The molecule has 1 aliphatic rings. The first kappa shape index (κ1) is 20.8. The van der Waals surface area contributed by atoms with Crippen molar-refractivity contribution >= 4 is 22.7 Å². The zero-order chi connectivity index (χ0) is 22.0. The number of fused-ring (bicyclic) bond motifs is 1. The van der Waals surface area contributed by atoms with Crippen molar-refractivity contribution < 1.29 is 23.8 Å². The van der Waals surface area contributed by atoms with E-state index in [-0.39, 0.29) is 13.2 Å². The number of amides is 3. The van der Waals surface area contributed by atoms with Crippen LogP contribution in [0.1, 0.15) is 18.9 Å². The van der Waals surface area contributed by atoms with Gasteiger partial charge in [-0.2, -0.15) is 0 Å². The van der Waals surface area contributed by atoms with E-state index in [0.29, 0.717) is 17.7 Å². The van der Waals surface area contributed by atoms with Crippen molar-refractivity contribution in [3.63, 3.8) is 0 Å². The number of urea groups is 1. The highest BCUT2D eigenvalue weighted by atomic mass is 19.1. The van der Waals surface area contributed by atoms with Crippen LogP contribution in [0.3, 0.4) is 0 Å². The molecule has 1 fully saturated rings. The standard InChI is InChI=1S/C24H23FN2O4/c1-2-24(17-10-12-18(25)13-11-17)22(29)27(23(30)26-24)14-19(28)15-31-21-9-5-7-16-6-3-4-8-20(16)21/h3-13,19,28H,2,14-15H2,1H3,(H,26,30). The lowest BCUT2D eigenvalue weighted by Crippen LogP contribution is -2.44. The Kier molecular flexibility index (Phi) is 5.61. The molecule has 0 saturated carbocycles. The number of nitrogens with zero attached hydrogens (tertiary/aromatic N) is 1. The summed E-state index contributed by atoms with van der Waals surface area (Å²) in [6.07, 6.45) is -0.781. The van der Waals surface area contributed by atoms with Crippen LogP contribution in [0.4, 0.5) is 9.18 Å². The number of β-amino-alcohol motifs (C(OH)–C–C–N with tert-alkyl or cyclic N) is 1. The highest BCUT2D eigenvalue weighted by molar-refractivity contribution is 6.07. The first-order valence-electron chi connectivity index (χ1n) is 10.1. The number of carbonyl (C=O) groups is 2. The van der Waals surface area contributed by atoms with E-state index in [0.717, 1.165) is 15.7 Å². The van der Waals surface area contributed by atoms with Gasteiger partial charge >= 0.3 is 6.03 Å². The summed E-state index contributed by atoms with van der Waals surface area (Å²) in [4.78, 5) is 26.7. The summed E-state index contributed by atoms with van der Waals surface area (Å²) in [6, 6.07) is 18.2. The number of nitrogens with one attached hydrogen (secondary N) is 1. The number of hydrogen-bond acceptors (Lipinski definition) is 4. The van der Waals surface area contributed by atoms with Crippen LogP contribution in [0, 0.1) is 5.82 Å². The van der Waals surface area contributed by atoms with Crippen molar-refractivity contribution in [3.8, 4) is 5.75 Å². The smallest absolute Gasteiger partial charge is 0.325 e. The van der Waals surface area contributed by atoms with E-state index < -0.39 is 29.4 Å². The number of carbonyl (C=O) groups excluding carboxylic acids is 2. The highest BCUT2D eigenvalue weighted by Crippen LogP contribution is 2.33. The molecule has 1 heterocycles. The molecule has 31 heavy (non-hydrogen) atoms. The van der Waals surface area contributed by atoms with E-state index in [1.165, 1.54) is 24.3 Å². The minimum absolute atomic E-state index is 0.0826. The second-order valence-electron chi connectivity index (χ2n) is 7.55. The van der Waals surface area contributed by atoms with Gasteiger partial charge in [-0.15, -0.1) is 0 Å². The molecule has 3 aromatic rings. The third kappa shape index (κ3) is 3.84. The zero-order valence-electron chi connectivity index (χ0n) is 17.0. The number of ether oxygens (including phenoxy) is 1. The topological polar surface area (TPSA) is 78.9 Å². The van der Waals surface area contributed by atoms with Gasteiger partial charge in [-0.05, 0) is 35.6 Å². The van der Waals surface area contributed by atoms with Gasteiger partial charge in [-0.3, -0.25) is 9.69 Å². The Bertz CT molecular complexity index is 1110. The van der Waals surface area contributed by atoms with E-state index in [1.54, 1.807) is 13.0 Å². The fraction of sp³-hybridized carbons (Fsp3) is 0.250. The normalized spacial score (nSPS) is 19.5. The van der Waals surface area contributed by atoms with Gasteiger partial charge in [0.25, 0.3) is 5.91 Å². The molecule has 0 spiro atoms. The van der Waals surface area contributed by atoms with Crippen molar-refractivity contribution in [1.82, 2.24) is 10.2 Å². The van der Waals surface area contributed by atoms with Crippen LogP contribution in [-0.2, 0) is 10.3 Å². The summed E-state index contributed by atoms with van der Waals surface area (Å²) >= 11 is 0. The predicted octanol–water partition coefficient (Wildman–Crippen LogP) is 3.58. The van der Waals surface area contributed by atoms with Gasteiger partial charge in [0, 0.05) is 5.39 Å². The minimum Gasteiger partial charge on any atom is -0.490 e. The lowest BCUT2D eigenvalue weighted by atomic mass is 9.87. The van der Waals surface area contributed by atoms with Crippen LogP contribution in [0.2, 0.25) is 0 Å². The average Bonchev–Trinajstić information content (AvgIpc) is 3.03. The van der Waals surface area contributed by atoms with Crippen molar-refractivity contribution in [1.29, 1.82) is 0 Å². The molecule has 160 valence electrons. The Morgan fingerprint density at radius 3 is 2.52 bits per heavy atom. The number of halogens is 1. The van der Waals surface area contributed by atoms with Gasteiger partial charge in [-0.1, -0.05) is 55.5 Å². The maximum Gasteiger partial charge on any atom is 0.325 e. The van der Waals surface area contributed by atoms with E-state index in [1.807, 2.05) is 36.4 Å². The van der Waals surface area contributed by atoms with Crippen molar-refractivity contribution in [3.05, 3.63) is 78.1 Å². The first-order chi connectivity index (χ1) is 14.9. The second-order valence-corrected chi connectivity index (χ2v) is 7.55. The molecule has 0 aromatic heterocycles. The number of rotatable bonds is 7. The minimum atomic E-state index is -1.28. The molecule has 1 aliphatic heterocycles. The maximum atomic E-state index is 13.3. The number of aliphatic hydroxyl groups excluding tert-OH is 1. The Labute approximate surface area is 179 Å². The van der Waals surface area contributed by atoms with Gasteiger partial charge in [0.05, 0.1) is 6.54 Å². The van der Waals surface area contributed by atoms with E-state index in [2.05, 4.69) is 5.32 Å². The number of benzene rings is 3. The van der Waals surface area contributed by atoms with Gasteiger partial charge in [0.2, 0.25) is 0 Å². The van der Waals surface area contributed by atoms with Crippen LogP contribution >= 0.6 is 0 Å². The van der Waals surface area contributed by atoms with Gasteiger partial charge < -0.3 is 15.2 Å². The third-order valence-corrected chi connectivity index (χ3v) is 5.62. The maximum absolute atomic E-state index is 13.3. The molecule has 6 nitrogen and oxygen atoms in total. The largest absolute Gasteiger partial charge is 0.490 e. The molecule has 2 atom stereocenters. The molecular formula is C24H23FN2O4. The molecule has 0 radical (unpaired) electrons. The molecule has 2 unspecified atom stereocenters. The first-order valence-corrected chi connectivity index (χ1v) is 10.1. The molecule has 1 saturated heterocycles.